The van der Waals surface area contributed by atoms with Gasteiger partial charge in [-0.2, -0.15) is 5.10 Å². The fraction of sp³-hybridized carbons (Fsp3) is 0.533. The maximum absolute atomic E-state index is 13.3. The fourth-order valence-electron chi connectivity index (χ4n) is 2.25. The van der Waals surface area contributed by atoms with E-state index in [0.29, 0.717) is 6.07 Å². The molecule has 0 heterocycles. The van der Waals surface area contributed by atoms with E-state index in [0.717, 1.165) is 12.1 Å². The first-order chi connectivity index (χ1) is 14.6. The molecule has 0 spiro atoms. The Morgan fingerprint density at radius 3 is 1.71 bits per heavy atom. The number of hydrazone groups is 1. The fourth-order valence-corrected chi connectivity index (χ4v) is 6.46. The van der Waals surface area contributed by atoms with Gasteiger partial charge in [0.2, 0.25) is 0 Å². The van der Waals surface area contributed by atoms with Gasteiger partial charge in [-0.15, -0.1) is 0 Å². The van der Waals surface area contributed by atoms with Gasteiger partial charge in [-0.25, -0.2) is 0 Å². The largest absolute Gasteiger partial charge is 0.389 e. The third-order valence-corrected chi connectivity index (χ3v) is 8.39. The molecule has 0 amide bonds. The molecule has 1 aromatic rings. The summed E-state index contributed by atoms with van der Waals surface area (Å²) in [6, 6.07) is 2.74. The van der Waals surface area contributed by atoms with Crippen molar-refractivity contribution in [1.82, 2.24) is 0 Å². The minimum Gasteiger partial charge on any atom is -0.304 e. The van der Waals surface area contributed by atoms with Crippen LogP contribution in [0.4, 0.5) is 17.1 Å². The van der Waals surface area contributed by atoms with Crippen molar-refractivity contribution in [2.75, 3.05) is 31.9 Å². The Balaban J connectivity index is 3.63. The summed E-state index contributed by atoms with van der Waals surface area (Å²) < 4.78 is 47.4. The van der Waals surface area contributed by atoms with E-state index in [9.17, 15) is 29.4 Å². The molecule has 1 rings (SSSR count). The van der Waals surface area contributed by atoms with Crippen molar-refractivity contribution in [3.05, 3.63) is 38.4 Å². The highest BCUT2D eigenvalue weighted by molar-refractivity contribution is 7.98. The summed E-state index contributed by atoms with van der Waals surface area (Å²) in [5.74, 6) is 0. The van der Waals surface area contributed by atoms with Crippen LogP contribution in [0.3, 0.4) is 0 Å². The van der Waals surface area contributed by atoms with Crippen LogP contribution < -0.4 is 5.43 Å². The highest BCUT2D eigenvalue weighted by atomic mass is 31.2. The van der Waals surface area contributed by atoms with E-state index in [-0.39, 0.29) is 32.1 Å². The van der Waals surface area contributed by atoms with Gasteiger partial charge in [0.25, 0.3) is 10.9 Å². The Morgan fingerprint density at radius 1 is 0.903 bits per heavy atom. The maximum Gasteiger partial charge on any atom is 0.389 e. The minimum atomic E-state index is -4.32. The van der Waals surface area contributed by atoms with E-state index in [4.69, 9.17) is 18.1 Å². The van der Waals surface area contributed by atoms with Crippen LogP contribution in [0.2, 0.25) is 0 Å². The molecule has 0 bridgehead atoms. The zero-order valence-electron chi connectivity index (χ0n) is 17.4. The average molecular weight is 482 g/mol. The van der Waals surface area contributed by atoms with Crippen molar-refractivity contribution in [2.45, 2.75) is 27.7 Å². The number of nitrogens with zero attached hydrogens (tertiary/aromatic N) is 3. The normalized spacial score (nSPS) is 11.7. The molecule has 0 radical (unpaired) electrons. The predicted octanol–water partition coefficient (Wildman–Crippen LogP) is 4.72. The lowest BCUT2D eigenvalue weighted by Gasteiger charge is -2.24. The molecule has 0 saturated heterocycles. The van der Waals surface area contributed by atoms with Gasteiger partial charge in [0, 0.05) is 6.07 Å². The Hall–Kier alpha value is -2.21. The van der Waals surface area contributed by atoms with Crippen molar-refractivity contribution in [3.63, 3.8) is 0 Å². The molecular weight excluding hydrogens is 458 g/mol. The van der Waals surface area contributed by atoms with Gasteiger partial charge >= 0.3 is 20.9 Å². The van der Waals surface area contributed by atoms with E-state index in [1.54, 1.807) is 0 Å². The molecule has 0 aliphatic rings. The lowest BCUT2D eigenvalue weighted by atomic mass is 10.2. The van der Waals surface area contributed by atoms with Crippen LogP contribution in [0.5, 0.6) is 0 Å². The number of benzene rings is 1. The molecule has 0 atom stereocenters. The summed E-state index contributed by atoms with van der Waals surface area (Å²) in [6.45, 7) is 5.65. The minimum absolute atomic E-state index is 0.105. The number of non-ortho nitro benzene ring substituents is 1. The number of hydrogen-bond donors (Lipinski definition) is 1. The van der Waals surface area contributed by atoms with E-state index < -0.39 is 41.6 Å². The second kappa shape index (κ2) is 12.0. The Bertz CT molecular complexity index is 871. The first-order valence-corrected chi connectivity index (χ1v) is 12.2. The number of hydrogen-bond acceptors (Lipinski definition) is 12. The quantitative estimate of drug-likeness (QED) is 0.168. The van der Waals surface area contributed by atoms with E-state index in [1.165, 1.54) is 27.7 Å². The topological polar surface area (TPSA) is 182 Å². The van der Waals surface area contributed by atoms with Gasteiger partial charge in [0.1, 0.15) is 5.69 Å². The van der Waals surface area contributed by atoms with E-state index in [1.807, 2.05) is 0 Å². The van der Waals surface area contributed by atoms with Crippen LogP contribution in [-0.4, -0.2) is 41.5 Å². The Kier molecular flexibility index (Phi) is 10.4. The summed E-state index contributed by atoms with van der Waals surface area (Å²) in [6.07, 6.45) is 0. The zero-order valence-corrected chi connectivity index (χ0v) is 19.2. The lowest BCUT2D eigenvalue weighted by molar-refractivity contribution is -0.393. The van der Waals surface area contributed by atoms with Crippen LogP contribution in [0.15, 0.2) is 23.3 Å². The van der Waals surface area contributed by atoms with Crippen molar-refractivity contribution < 1.29 is 37.1 Å². The molecule has 0 saturated carbocycles. The zero-order chi connectivity index (χ0) is 23.7. The van der Waals surface area contributed by atoms with Crippen molar-refractivity contribution in [3.8, 4) is 0 Å². The molecule has 1 aromatic carbocycles. The second-order valence-corrected chi connectivity index (χ2v) is 9.63. The Morgan fingerprint density at radius 2 is 1.35 bits per heavy atom. The van der Waals surface area contributed by atoms with Gasteiger partial charge in [-0.1, -0.05) is 0 Å². The molecule has 0 fully saturated rings. The van der Waals surface area contributed by atoms with E-state index >= 15 is 0 Å². The van der Waals surface area contributed by atoms with Gasteiger partial charge in [0.15, 0.2) is 0 Å². The lowest BCUT2D eigenvalue weighted by Crippen LogP contribution is -2.14. The molecule has 0 aromatic heterocycles. The molecular formula is C15H24N4O10P2. The molecule has 14 nitrogen and oxygen atoms in total. The first kappa shape index (κ1) is 26.8. The van der Waals surface area contributed by atoms with Crippen molar-refractivity contribution in [2.24, 2.45) is 5.10 Å². The number of nitrogens with one attached hydrogen (secondary N) is 1. The number of rotatable bonds is 14. The molecule has 16 heteroatoms. The smallest absolute Gasteiger partial charge is 0.304 e. The van der Waals surface area contributed by atoms with Crippen molar-refractivity contribution in [1.29, 1.82) is 0 Å². The van der Waals surface area contributed by atoms with Gasteiger partial charge in [-0.05, 0) is 33.8 Å². The molecule has 31 heavy (non-hydrogen) atoms. The van der Waals surface area contributed by atoms with Crippen LogP contribution in [0.1, 0.15) is 27.7 Å². The highest BCUT2D eigenvalue weighted by Gasteiger charge is 2.48. The highest BCUT2D eigenvalue weighted by Crippen LogP contribution is 2.66. The van der Waals surface area contributed by atoms with Crippen LogP contribution in [-0.2, 0) is 27.2 Å². The third kappa shape index (κ3) is 6.89. The summed E-state index contributed by atoms with van der Waals surface area (Å²) in [4.78, 5) is 20.6. The van der Waals surface area contributed by atoms with Crippen molar-refractivity contribution >= 4 is 37.4 Å². The Labute approximate surface area is 178 Å². The number of anilines is 1. The summed E-state index contributed by atoms with van der Waals surface area (Å²) in [5.41, 5.74) is 0.751. The SMILES string of the molecule is CCOP(=O)(OCC)C(=NNc1ccc([N+](=O)[O-])cc1[N+](=O)[O-])P(=O)(OCC)OCC. The first-order valence-electron chi connectivity index (χ1n) is 9.14. The van der Waals surface area contributed by atoms with Gasteiger partial charge in [0.05, 0.1) is 42.3 Å². The summed E-state index contributed by atoms with van der Waals surface area (Å²) >= 11 is 0. The molecule has 1 N–H and O–H groups in total. The second-order valence-electron chi connectivity index (χ2n) is 5.41. The summed E-state index contributed by atoms with van der Waals surface area (Å²) in [5, 5.41) is 25.3. The van der Waals surface area contributed by atoms with Gasteiger partial charge in [-0.3, -0.25) is 34.8 Å². The van der Waals surface area contributed by atoms with E-state index in [2.05, 4.69) is 10.5 Å². The van der Waals surface area contributed by atoms with Crippen LogP contribution in [0.25, 0.3) is 0 Å². The number of nitro groups is 2. The van der Waals surface area contributed by atoms with Crippen LogP contribution >= 0.6 is 15.2 Å². The standard InChI is InChI=1S/C15H24N4O10P2/c1-5-26-30(24,27-6-2)15(31(25,28-7-3)29-8-4)17-16-13-10-9-12(18(20)21)11-14(13)19(22)23/h9-11,16H,5-8H2,1-4H3. The monoisotopic (exact) mass is 482 g/mol. The number of nitro benzene ring substituents is 2. The molecule has 0 aliphatic heterocycles. The maximum atomic E-state index is 13.3. The predicted molar refractivity (Wildman–Crippen MR) is 113 cm³/mol. The third-order valence-electron chi connectivity index (χ3n) is 3.35. The van der Waals surface area contributed by atoms with Crippen LogP contribution in [0, 0.1) is 20.2 Å². The summed E-state index contributed by atoms with van der Waals surface area (Å²) in [7, 11) is -8.63. The average Bonchev–Trinajstić information content (AvgIpc) is 2.68. The molecule has 174 valence electrons. The molecule has 0 aliphatic carbocycles. The molecule has 0 unspecified atom stereocenters. The van der Waals surface area contributed by atoms with Gasteiger partial charge < -0.3 is 18.1 Å².